The first kappa shape index (κ1) is 19.8. The number of carbonyl (C=O) groups excluding carboxylic acids is 1. The van der Waals surface area contributed by atoms with E-state index in [1.807, 2.05) is 29.5 Å². The Hall–Kier alpha value is -2.49. The van der Waals surface area contributed by atoms with Crippen molar-refractivity contribution in [2.75, 3.05) is 20.8 Å². The van der Waals surface area contributed by atoms with Gasteiger partial charge in [-0.25, -0.2) is 5.43 Å². The number of phenols is 1. The third kappa shape index (κ3) is 4.78. The van der Waals surface area contributed by atoms with Crippen LogP contribution in [0.2, 0.25) is 0 Å². The quantitative estimate of drug-likeness (QED) is 0.369. The molecule has 0 saturated carbocycles. The van der Waals surface area contributed by atoms with Crippen LogP contribution in [0.25, 0.3) is 0 Å². The maximum atomic E-state index is 12.2. The van der Waals surface area contributed by atoms with Gasteiger partial charge in [0, 0.05) is 5.56 Å². The smallest absolute Gasteiger partial charge is 0.271 e. The van der Waals surface area contributed by atoms with Crippen molar-refractivity contribution in [3.63, 3.8) is 0 Å². The fourth-order valence-corrected chi connectivity index (χ4v) is 2.77. The van der Waals surface area contributed by atoms with Crippen LogP contribution in [0.4, 0.5) is 0 Å². The summed E-state index contributed by atoms with van der Waals surface area (Å²) >= 11 is 1.99. The molecule has 0 fully saturated rings. The highest BCUT2D eigenvalue weighted by Gasteiger charge is 2.11. The van der Waals surface area contributed by atoms with E-state index < -0.39 is 0 Å². The van der Waals surface area contributed by atoms with Crippen molar-refractivity contribution in [2.24, 2.45) is 5.10 Å². The number of aromatic hydroxyl groups is 1. The Kier molecular flexibility index (Phi) is 7.07. The lowest BCUT2D eigenvalue weighted by molar-refractivity contribution is 0.0954. The van der Waals surface area contributed by atoms with Gasteiger partial charge in [-0.05, 0) is 65.4 Å². The number of methoxy groups -OCH3 is 2. The third-order valence-corrected chi connectivity index (χ3v) is 4.20. The molecule has 0 saturated heterocycles. The van der Waals surface area contributed by atoms with Crippen molar-refractivity contribution in [3.05, 3.63) is 45.0 Å². The normalized spacial score (nSPS) is 10.6. The van der Waals surface area contributed by atoms with Crippen molar-refractivity contribution in [3.8, 4) is 23.0 Å². The summed E-state index contributed by atoms with van der Waals surface area (Å²) in [4.78, 5) is 12.2. The van der Waals surface area contributed by atoms with Gasteiger partial charge in [-0.2, -0.15) is 5.10 Å². The largest absolute Gasteiger partial charge is 0.504 e. The number of benzene rings is 2. The molecular formula is C18H19IN2O5. The van der Waals surface area contributed by atoms with E-state index >= 15 is 0 Å². The molecule has 2 aromatic carbocycles. The molecule has 0 aliphatic heterocycles. The first-order chi connectivity index (χ1) is 12.5. The Morgan fingerprint density at radius 1 is 1.19 bits per heavy atom. The Bertz CT molecular complexity index is 823. The second-order valence-corrected chi connectivity index (χ2v) is 6.21. The Balaban J connectivity index is 2.12. The molecule has 8 heteroatoms. The first-order valence-electron chi connectivity index (χ1n) is 7.70. The number of halogens is 1. The lowest BCUT2D eigenvalue weighted by Crippen LogP contribution is -2.17. The fourth-order valence-electron chi connectivity index (χ4n) is 2.14. The zero-order valence-corrected chi connectivity index (χ0v) is 16.7. The maximum absolute atomic E-state index is 12.2. The van der Waals surface area contributed by atoms with Crippen molar-refractivity contribution in [2.45, 2.75) is 6.92 Å². The molecule has 1 amide bonds. The highest BCUT2D eigenvalue weighted by Crippen LogP contribution is 2.32. The molecular weight excluding hydrogens is 451 g/mol. The average molecular weight is 470 g/mol. The molecule has 138 valence electrons. The Morgan fingerprint density at radius 2 is 1.92 bits per heavy atom. The van der Waals surface area contributed by atoms with Crippen LogP contribution in [0.5, 0.6) is 23.0 Å². The number of nitrogens with one attached hydrogen (secondary N) is 1. The first-order valence-corrected chi connectivity index (χ1v) is 8.78. The van der Waals surface area contributed by atoms with Crippen molar-refractivity contribution < 1.29 is 24.1 Å². The predicted molar refractivity (Wildman–Crippen MR) is 107 cm³/mol. The molecule has 2 N–H and O–H groups in total. The molecule has 2 aromatic rings. The molecule has 0 spiro atoms. The van der Waals surface area contributed by atoms with Gasteiger partial charge in [0.1, 0.15) is 0 Å². The van der Waals surface area contributed by atoms with E-state index in [2.05, 4.69) is 10.5 Å². The summed E-state index contributed by atoms with van der Waals surface area (Å²) in [6.45, 7) is 2.31. The standard InChI is InChI=1S/C18H19IN2O5/c1-4-26-15-9-12(5-6-14(15)24-2)18(23)21-20-10-11-7-13(19)17(22)16(8-11)25-3/h5-10,22H,4H2,1-3H3,(H,21,23)/b20-10+. The monoisotopic (exact) mass is 470 g/mol. The maximum Gasteiger partial charge on any atom is 0.271 e. The van der Waals surface area contributed by atoms with Gasteiger partial charge in [-0.1, -0.05) is 0 Å². The molecule has 0 bridgehead atoms. The van der Waals surface area contributed by atoms with Crippen LogP contribution >= 0.6 is 22.6 Å². The third-order valence-electron chi connectivity index (χ3n) is 3.38. The molecule has 7 nitrogen and oxygen atoms in total. The minimum atomic E-state index is -0.384. The van der Waals surface area contributed by atoms with Gasteiger partial charge in [0.15, 0.2) is 23.0 Å². The SMILES string of the molecule is CCOc1cc(C(=O)N/N=C/c2cc(I)c(O)c(OC)c2)ccc1OC. The van der Waals surface area contributed by atoms with Crippen LogP contribution in [-0.2, 0) is 0 Å². The van der Waals surface area contributed by atoms with Gasteiger partial charge in [0.25, 0.3) is 5.91 Å². The summed E-state index contributed by atoms with van der Waals surface area (Å²) in [5, 5.41) is 13.8. The van der Waals surface area contributed by atoms with Crippen LogP contribution in [0, 0.1) is 3.57 Å². The molecule has 0 heterocycles. The molecule has 0 aliphatic carbocycles. The van der Waals surface area contributed by atoms with Crippen LogP contribution in [-0.4, -0.2) is 38.1 Å². The fraction of sp³-hybridized carbons (Fsp3) is 0.222. The summed E-state index contributed by atoms with van der Waals surface area (Å²) in [5.74, 6) is 1.06. The van der Waals surface area contributed by atoms with E-state index in [4.69, 9.17) is 14.2 Å². The summed E-state index contributed by atoms with van der Waals surface area (Å²) in [7, 11) is 3.00. The highest BCUT2D eigenvalue weighted by atomic mass is 127. The molecule has 0 aromatic heterocycles. The van der Waals surface area contributed by atoms with Crippen LogP contribution in [0.1, 0.15) is 22.8 Å². The second kappa shape index (κ2) is 9.27. The van der Waals surface area contributed by atoms with E-state index in [9.17, 15) is 9.90 Å². The molecule has 0 atom stereocenters. The van der Waals surface area contributed by atoms with Crippen LogP contribution in [0.3, 0.4) is 0 Å². The second-order valence-electron chi connectivity index (χ2n) is 5.05. The van der Waals surface area contributed by atoms with Crippen molar-refractivity contribution >= 4 is 34.7 Å². The van der Waals surface area contributed by atoms with Gasteiger partial charge in [-0.15, -0.1) is 0 Å². The van der Waals surface area contributed by atoms with Gasteiger partial charge >= 0.3 is 0 Å². The van der Waals surface area contributed by atoms with Crippen LogP contribution in [0.15, 0.2) is 35.4 Å². The number of hydrogen-bond acceptors (Lipinski definition) is 6. The number of phenolic OH excluding ortho intramolecular Hbond substituents is 1. The zero-order chi connectivity index (χ0) is 19.1. The zero-order valence-electron chi connectivity index (χ0n) is 14.6. The molecule has 0 unspecified atom stereocenters. The highest BCUT2D eigenvalue weighted by molar-refractivity contribution is 14.1. The Labute approximate surface area is 165 Å². The number of hydrazone groups is 1. The van der Waals surface area contributed by atoms with Gasteiger partial charge in [0.2, 0.25) is 0 Å². The number of rotatable bonds is 7. The van der Waals surface area contributed by atoms with E-state index in [1.165, 1.54) is 20.4 Å². The summed E-state index contributed by atoms with van der Waals surface area (Å²) in [5.41, 5.74) is 3.52. The average Bonchev–Trinajstić information content (AvgIpc) is 2.64. The number of ether oxygens (including phenoxy) is 3. The molecule has 0 aliphatic rings. The van der Waals surface area contributed by atoms with Gasteiger partial charge in [0.05, 0.1) is 30.6 Å². The van der Waals surface area contributed by atoms with Crippen molar-refractivity contribution in [1.82, 2.24) is 5.43 Å². The lowest BCUT2D eigenvalue weighted by Gasteiger charge is -2.10. The number of hydrogen-bond donors (Lipinski definition) is 2. The molecule has 0 radical (unpaired) electrons. The summed E-state index contributed by atoms with van der Waals surface area (Å²) in [6.07, 6.45) is 1.47. The Morgan fingerprint density at radius 3 is 2.58 bits per heavy atom. The minimum Gasteiger partial charge on any atom is -0.504 e. The minimum absolute atomic E-state index is 0.0657. The van der Waals surface area contributed by atoms with E-state index in [1.54, 1.807) is 30.3 Å². The topological polar surface area (TPSA) is 89.4 Å². The van der Waals surface area contributed by atoms with Gasteiger partial charge < -0.3 is 19.3 Å². The van der Waals surface area contributed by atoms with E-state index in [-0.39, 0.29) is 11.7 Å². The summed E-state index contributed by atoms with van der Waals surface area (Å²) < 4.78 is 16.4. The lowest BCUT2D eigenvalue weighted by atomic mass is 10.2. The van der Waals surface area contributed by atoms with Crippen molar-refractivity contribution in [1.29, 1.82) is 0 Å². The number of nitrogens with zero attached hydrogens (tertiary/aromatic N) is 1. The van der Waals surface area contributed by atoms with Gasteiger partial charge in [-0.3, -0.25) is 4.79 Å². The van der Waals surface area contributed by atoms with E-state index in [0.29, 0.717) is 38.6 Å². The van der Waals surface area contributed by atoms with E-state index in [0.717, 1.165) is 0 Å². The summed E-state index contributed by atoms with van der Waals surface area (Å²) in [6, 6.07) is 8.22. The number of carbonyl (C=O) groups is 1. The number of amides is 1. The molecule has 26 heavy (non-hydrogen) atoms. The predicted octanol–water partition coefficient (Wildman–Crippen LogP) is 3.18. The molecule has 2 rings (SSSR count). The van der Waals surface area contributed by atoms with Crippen LogP contribution < -0.4 is 19.6 Å².